The molecular formula is C22H19F3N4O5. The number of imide groups is 1. The van der Waals surface area contributed by atoms with Gasteiger partial charge in [-0.2, -0.15) is 13.2 Å². The Bertz CT molecular complexity index is 1210. The molecule has 2 aromatic rings. The molecule has 0 unspecified atom stereocenters. The number of hydrogen-bond donors (Lipinski definition) is 1. The van der Waals surface area contributed by atoms with Crippen LogP contribution in [-0.4, -0.2) is 47.7 Å². The zero-order chi connectivity index (χ0) is 24.8. The minimum absolute atomic E-state index is 0.0720. The van der Waals surface area contributed by atoms with Gasteiger partial charge in [0.15, 0.2) is 0 Å². The summed E-state index contributed by atoms with van der Waals surface area (Å²) in [5.41, 5.74) is -0.839. The molecule has 1 saturated heterocycles. The van der Waals surface area contributed by atoms with E-state index in [0.29, 0.717) is 24.6 Å². The molecular weight excluding hydrogens is 457 g/mol. The molecule has 1 N–H and O–H groups in total. The van der Waals surface area contributed by atoms with Crippen LogP contribution in [0.2, 0.25) is 0 Å². The average molecular weight is 476 g/mol. The number of piperidine rings is 1. The first-order valence-electron chi connectivity index (χ1n) is 10.3. The van der Waals surface area contributed by atoms with Crippen molar-refractivity contribution in [3.63, 3.8) is 0 Å². The van der Waals surface area contributed by atoms with E-state index in [9.17, 15) is 37.7 Å². The van der Waals surface area contributed by atoms with Crippen molar-refractivity contribution in [2.75, 3.05) is 30.4 Å². The summed E-state index contributed by atoms with van der Waals surface area (Å²) in [4.78, 5) is 50.0. The van der Waals surface area contributed by atoms with Gasteiger partial charge in [0.2, 0.25) is 5.91 Å². The maximum absolute atomic E-state index is 12.9. The summed E-state index contributed by atoms with van der Waals surface area (Å²) in [6, 6.07) is 6.85. The second kappa shape index (κ2) is 8.43. The van der Waals surface area contributed by atoms with Crippen molar-refractivity contribution in [1.82, 2.24) is 4.90 Å². The number of anilines is 2. The second-order valence-corrected chi connectivity index (χ2v) is 8.14. The Hall–Kier alpha value is -3.96. The lowest BCUT2D eigenvalue weighted by Crippen LogP contribution is -2.38. The van der Waals surface area contributed by atoms with Crippen LogP contribution in [-0.2, 0) is 11.0 Å². The van der Waals surface area contributed by atoms with Crippen LogP contribution in [0.5, 0.6) is 0 Å². The van der Waals surface area contributed by atoms with Crippen molar-refractivity contribution in [2.45, 2.75) is 19.0 Å². The Morgan fingerprint density at radius 1 is 1.06 bits per heavy atom. The van der Waals surface area contributed by atoms with E-state index in [1.54, 1.807) is 4.90 Å². The number of rotatable bonds is 4. The minimum atomic E-state index is -4.70. The lowest BCUT2D eigenvalue weighted by molar-refractivity contribution is -0.384. The van der Waals surface area contributed by atoms with Gasteiger partial charge in [-0.15, -0.1) is 0 Å². The van der Waals surface area contributed by atoms with Gasteiger partial charge in [0, 0.05) is 37.8 Å². The summed E-state index contributed by atoms with van der Waals surface area (Å²) in [5, 5.41) is 14.1. The fourth-order valence-electron chi connectivity index (χ4n) is 4.18. The van der Waals surface area contributed by atoms with Gasteiger partial charge in [-0.3, -0.25) is 29.4 Å². The molecule has 4 rings (SSSR count). The van der Waals surface area contributed by atoms with Crippen molar-refractivity contribution in [1.29, 1.82) is 0 Å². The average Bonchev–Trinajstić information content (AvgIpc) is 3.01. The third kappa shape index (κ3) is 4.18. The van der Waals surface area contributed by atoms with E-state index in [0.717, 1.165) is 17.0 Å². The van der Waals surface area contributed by atoms with E-state index in [1.165, 1.54) is 25.2 Å². The lowest BCUT2D eigenvalue weighted by atomic mass is 9.95. The molecule has 178 valence electrons. The predicted molar refractivity (Wildman–Crippen MR) is 115 cm³/mol. The van der Waals surface area contributed by atoms with Gasteiger partial charge in [0.25, 0.3) is 17.5 Å². The van der Waals surface area contributed by atoms with Crippen LogP contribution in [0.3, 0.4) is 0 Å². The number of nitro groups is 1. The molecule has 2 aliphatic rings. The number of amides is 3. The number of halogens is 3. The van der Waals surface area contributed by atoms with Crippen molar-refractivity contribution < 1.29 is 32.5 Å². The molecule has 9 nitrogen and oxygen atoms in total. The van der Waals surface area contributed by atoms with Crippen LogP contribution in [0.15, 0.2) is 36.4 Å². The summed E-state index contributed by atoms with van der Waals surface area (Å²) in [6.45, 7) is 0.485. The van der Waals surface area contributed by atoms with Crippen molar-refractivity contribution in [3.05, 3.63) is 63.2 Å². The summed E-state index contributed by atoms with van der Waals surface area (Å²) >= 11 is 0. The van der Waals surface area contributed by atoms with E-state index >= 15 is 0 Å². The fourth-order valence-corrected chi connectivity index (χ4v) is 4.18. The monoisotopic (exact) mass is 476 g/mol. The molecule has 3 amide bonds. The zero-order valence-corrected chi connectivity index (χ0v) is 17.9. The van der Waals surface area contributed by atoms with Gasteiger partial charge in [-0.25, -0.2) is 0 Å². The Kier molecular flexibility index (Phi) is 5.75. The number of alkyl halides is 3. The molecule has 12 heteroatoms. The number of fused-ring (bicyclic) bond motifs is 1. The van der Waals surface area contributed by atoms with Crippen LogP contribution >= 0.6 is 0 Å². The van der Waals surface area contributed by atoms with Crippen LogP contribution in [0.25, 0.3) is 0 Å². The number of carbonyl (C=O) groups excluding carboxylic acids is 3. The highest BCUT2D eigenvalue weighted by Gasteiger charge is 2.35. The maximum Gasteiger partial charge on any atom is 0.416 e. The fraction of sp³-hybridized carbons (Fsp3) is 0.318. The van der Waals surface area contributed by atoms with Gasteiger partial charge in [0.05, 0.1) is 21.6 Å². The summed E-state index contributed by atoms with van der Waals surface area (Å²) < 4.78 is 38.8. The smallest absolute Gasteiger partial charge is 0.366 e. The van der Waals surface area contributed by atoms with E-state index in [2.05, 4.69) is 5.32 Å². The third-order valence-corrected chi connectivity index (χ3v) is 6.06. The first kappa shape index (κ1) is 23.2. The van der Waals surface area contributed by atoms with Crippen LogP contribution in [0, 0.1) is 16.0 Å². The zero-order valence-electron chi connectivity index (χ0n) is 17.9. The Labute approximate surface area is 191 Å². The van der Waals surface area contributed by atoms with E-state index in [-0.39, 0.29) is 35.8 Å². The normalized spacial score (nSPS) is 16.6. The maximum atomic E-state index is 12.9. The van der Waals surface area contributed by atoms with Gasteiger partial charge in [-0.05, 0) is 43.2 Å². The molecule has 0 radical (unpaired) electrons. The third-order valence-electron chi connectivity index (χ3n) is 6.06. The standard InChI is InChI=1S/C22H19F3N4O5/c1-27-20(31)15-4-3-14(11-16(15)21(27)32)26-19(30)12-6-8-28(9-7-12)17-5-2-13(22(23,24)25)10-18(17)29(33)34/h2-5,10-12H,6-9H2,1H3,(H,26,30). The summed E-state index contributed by atoms with van der Waals surface area (Å²) in [7, 11) is 1.37. The number of hydrogen-bond acceptors (Lipinski definition) is 6. The Balaban J connectivity index is 1.43. The van der Waals surface area contributed by atoms with Crippen molar-refractivity contribution in [2.24, 2.45) is 5.92 Å². The molecule has 0 saturated carbocycles. The van der Waals surface area contributed by atoms with Crippen LogP contribution in [0.1, 0.15) is 39.1 Å². The van der Waals surface area contributed by atoms with Gasteiger partial charge in [0.1, 0.15) is 5.69 Å². The number of nitro benzene ring substituents is 1. The molecule has 34 heavy (non-hydrogen) atoms. The number of benzene rings is 2. The quantitative estimate of drug-likeness (QED) is 0.409. The first-order chi connectivity index (χ1) is 16.0. The highest BCUT2D eigenvalue weighted by Crippen LogP contribution is 2.38. The minimum Gasteiger partial charge on any atom is -0.366 e. The molecule has 0 aliphatic carbocycles. The van der Waals surface area contributed by atoms with E-state index < -0.39 is 40.1 Å². The molecule has 1 fully saturated rings. The van der Waals surface area contributed by atoms with Gasteiger partial charge >= 0.3 is 6.18 Å². The number of carbonyl (C=O) groups is 3. The molecule has 0 atom stereocenters. The van der Waals surface area contributed by atoms with Crippen molar-refractivity contribution in [3.8, 4) is 0 Å². The first-order valence-corrected chi connectivity index (χ1v) is 10.3. The molecule has 2 aliphatic heterocycles. The summed E-state index contributed by atoms with van der Waals surface area (Å²) in [6.07, 6.45) is -4.04. The molecule has 2 aromatic carbocycles. The molecule has 2 heterocycles. The molecule has 0 aromatic heterocycles. The molecule has 0 spiro atoms. The van der Waals surface area contributed by atoms with Crippen molar-refractivity contribution >= 4 is 34.8 Å². The van der Waals surface area contributed by atoms with E-state index in [1.807, 2.05) is 0 Å². The lowest BCUT2D eigenvalue weighted by Gasteiger charge is -2.32. The van der Waals surface area contributed by atoms with E-state index in [4.69, 9.17) is 0 Å². The predicted octanol–water partition coefficient (Wildman–Crippen LogP) is 3.69. The largest absolute Gasteiger partial charge is 0.416 e. The Morgan fingerprint density at radius 3 is 2.32 bits per heavy atom. The van der Waals surface area contributed by atoms with Crippen LogP contribution < -0.4 is 10.2 Å². The van der Waals surface area contributed by atoms with Gasteiger partial charge in [-0.1, -0.05) is 0 Å². The highest BCUT2D eigenvalue weighted by atomic mass is 19.4. The summed E-state index contributed by atoms with van der Waals surface area (Å²) in [5.74, 6) is -1.62. The Morgan fingerprint density at radius 2 is 1.71 bits per heavy atom. The SMILES string of the molecule is CN1C(=O)c2ccc(NC(=O)C3CCN(c4ccc(C(F)(F)F)cc4[N+](=O)[O-])CC3)cc2C1=O. The number of nitrogens with zero attached hydrogens (tertiary/aromatic N) is 3. The topological polar surface area (TPSA) is 113 Å². The number of nitrogens with one attached hydrogen (secondary N) is 1. The highest BCUT2D eigenvalue weighted by molar-refractivity contribution is 6.21. The van der Waals surface area contributed by atoms with Gasteiger partial charge < -0.3 is 10.2 Å². The van der Waals surface area contributed by atoms with Crippen LogP contribution in [0.4, 0.5) is 30.2 Å². The molecule has 0 bridgehead atoms. The second-order valence-electron chi connectivity index (χ2n) is 8.14.